The number of pyridine rings is 1. The van der Waals surface area contributed by atoms with Gasteiger partial charge in [0, 0.05) is 23.5 Å². The first kappa shape index (κ1) is 20.8. The number of aliphatic hydroxyl groups is 1. The SMILES string of the molecule is COc1ccc(/C(O)=C2\C(=O)C(=O)N(c3ccc4c(c3)OCO4)C2c2ccccn2)cc1Cl. The van der Waals surface area contributed by atoms with Crippen molar-refractivity contribution >= 4 is 34.7 Å². The molecule has 1 saturated heterocycles. The first-order valence-corrected chi connectivity index (χ1v) is 10.3. The molecule has 1 unspecified atom stereocenters. The van der Waals surface area contributed by atoms with Crippen LogP contribution in [0.1, 0.15) is 17.3 Å². The van der Waals surface area contributed by atoms with E-state index in [4.69, 9.17) is 25.8 Å². The van der Waals surface area contributed by atoms with Crippen LogP contribution in [0.3, 0.4) is 0 Å². The molecule has 8 nitrogen and oxygen atoms in total. The summed E-state index contributed by atoms with van der Waals surface area (Å²) in [6, 6.07) is 13.7. The third-order valence-electron chi connectivity index (χ3n) is 5.47. The fraction of sp³-hybridized carbons (Fsp3) is 0.125. The summed E-state index contributed by atoms with van der Waals surface area (Å²) in [7, 11) is 1.47. The Morgan fingerprint density at radius 2 is 1.94 bits per heavy atom. The first-order chi connectivity index (χ1) is 16.0. The number of ketones is 1. The molecule has 2 aliphatic rings. The fourth-order valence-corrected chi connectivity index (χ4v) is 4.18. The van der Waals surface area contributed by atoms with Crippen molar-refractivity contribution in [1.82, 2.24) is 4.98 Å². The van der Waals surface area contributed by atoms with E-state index in [2.05, 4.69) is 4.98 Å². The molecule has 33 heavy (non-hydrogen) atoms. The van der Waals surface area contributed by atoms with Gasteiger partial charge in [-0.2, -0.15) is 0 Å². The van der Waals surface area contributed by atoms with Gasteiger partial charge < -0.3 is 19.3 Å². The molecule has 2 aliphatic heterocycles. The number of ether oxygens (including phenoxy) is 3. The van der Waals surface area contributed by atoms with Crippen molar-refractivity contribution < 1.29 is 28.9 Å². The molecular formula is C24H17ClN2O6. The number of hydrogen-bond acceptors (Lipinski definition) is 7. The fourth-order valence-electron chi connectivity index (χ4n) is 3.92. The van der Waals surface area contributed by atoms with Gasteiger partial charge in [-0.05, 0) is 42.5 Å². The van der Waals surface area contributed by atoms with E-state index in [9.17, 15) is 14.7 Å². The molecule has 166 valence electrons. The van der Waals surface area contributed by atoms with Crippen LogP contribution in [-0.4, -0.2) is 35.7 Å². The molecule has 1 fully saturated rings. The lowest BCUT2D eigenvalue weighted by Crippen LogP contribution is -2.29. The number of carbonyl (C=O) groups is 2. The summed E-state index contributed by atoms with van der Waals surface area (Å²) in [5.41, 5.74) is 0.988. The lowest BCUT2D eigenvalue weighted by atomic mass is 9.98. The van der Waals surface area contributed by atoms with Gasteiger partial charge in [0.1, 0.15) is 17.6 Å². The van der Waals surface area contributed by atoms with E-state index in [0.717, 1.165) is 0 Å². The normalized spacial score (nSPS) is 18.6. The summed E-state index contributed by atoms with van der Waals surface area (Å²) in [5.74, 6) is -0.598. The van der Waals surface area contributed by atoms with E-state index in [1.165, 1.54) is 18.1 Å². The Balaban J connectivity index is 1.69. The number of Topliss-reactive ketones (excluding diaryl/α,β-unsaturated/α-hetero) is 1. The van der Waals surface area contributed by atoms with Crippen LogP contribution in [0.15, 0.2) is 66.4 Å². The molecule has 0 aliphatic carbocycles. The third-order valence-corrected chi connectivity index (χ3v) is 5.77. The van der Waals surface area contributed by atoms with Crippen molar-refractivity contribution in [2.24, 2.45) is 0 Å². The average Bonchev–Trinajstić information content (AvgIpc) is 3.41. The molecule has 2 aromatic carbocycles. The number of methoxy groups -OCH3 is 1. The zero-order valence-corrected chi connectivity index (χ0v) is 18.1. The molecule has 1 aromatic heterocycles. The summed E-state index contributed by atoms with van der Waals surface area (Å²) >= 11 is 6.22. The van der Waals surface area contributed by atoms with Crippen LogP contribution >= 0.6 is 11.6 Å². The summed E-state index contributed by atoms with van der Waals surface area (Å²) in [5, 5.41) is 11.4. The Hall–Kier alpha value is -4.04. The highest BCUT2D eigenvalue weighted by Gasteiger charge is 2.48. The second-order valence-electron chi connectivity index (χ2n) is 7.31. The Morgan fingerprint density at radius 3 is 2.67 bits per heavy atom. The van der Waals surface area contributed by atoms with Crippen LogP contribution in [0.4, 0.5) is 5.69 Å². The van der Waals surface area contributed by atoms with Gasteiger partial charge in [0.05, 0.1) is 23.4 Å². The molecule has 3 heterocycles. The number of aliphatic hydroxyl groups excluding tert-OH is 1. The number of aromatic nitrogens is 1. The molecule has 5 rings (SSSR count). The van der Waals surface area contributed by atoms with E-state index in [-0.39, 0.29) is 28.7 Å². The molecule has 1 atom stereocenters. The highest BCUT2D eigenvalue weighted by molar-refractivity contribution is 6.51. The number of rotatable bonds is 4. The lowest BCUT2D eigenvalue weighted by Gasteiger charge is -2.24. The van der Waals surface area contributed by atoms with E-state index in [1.54, 1.807) is 54.7 Å². The zero-order chi connectivity index (χ0) is 23.1. The first-order valence-electron chi connectivity index (χ1n) is 9.95. The Labute approximate surface area is 193 Å². The molecule has 0 radical (unpaired) electrons. The lowest BCUT2D eigenvalue weighted by molar-refractivity contribution is -0.132. The smallest absolute Gasteiger partial charge is 0.300 e. The van der Waals surface area contributed by atoms with Gasteiger partial charge in [0.15, 0.2) is 11.5 Å². The van der Waals surface area contributed by atoms with Crippen LogP contribution in [0.25, 0.3) is 5.76 Å². The molecule has 3 aromatic rings. The number of carbonyl (C=O) groups excluding carboxylic acids is 2. The highest BCUT2D eigenvalue weighted by atomic mass is 35.5. The van der Waals surface area contributed by atoms with E-state index >= 15 is 0 Å². The second-order valence-corrected chi connectivity index (χ2v) is 7.72. The highest BCUT2D eigenvalue weighted by Crippen LogP contribution is 2.44. The molecule has 0 bridgehead atoms. The number of nitrogens with zero attached hydrogens (tertiary/aromatic N) is 2. The minimum absolute atomic E-state index is 0.0690. The Morgan fingerprint density at radius 1 is 1.12 bits per heavy atom. The van der Waals surface area contributed by atoms with Crippen molar-refractivity contribution in [3.63, 3.8) is 0 Å². The number of amides is 1. The number of anilines is 1. The van der Waals surface area contributed by atoms with Gasteiger partial charge in [-0.15, -0.1) is 0 Å². The minimum atomic E-state index is -0.965. The number of hydrogen-bond donors (Lipinski definition) is 1. The van der Waals surface area contributed by atoms with Gasteiger partial charge in [0.25, 0.3) is 11.7 Å². The van der Waals surface area contributed by atoms with E-state index < -0.39 is 17.7 Å². The number of fused-ring (bicyclic) bond motifs is 1. The largest absolute Gasteiger partial charge is 0.507 e. The third kappa shape index (κ3) is 3.44. The van der Waals surface area contributed by atoms with E-state index in [1.807, 2.05) is 0 Å². The van der Waals surface area contributed by atoms with Crippen LogP contribution in [-0.2, 0) is 9.59 Å². The van der Waals surface area contributed by atoms with Crippen LogP contribution in [0.2, 0.25) is 5.02 Å². The standard InChI is InChI=1S/C24H17ClN2O6/c1-31-17-7-5-13(10-15(17)25)22(28)20-21(16-4-2-3-9-26-16)27(24(30)23(20)29)14-6-8-18-19(11-14)33-12-32-18/h2-11,21,28H,12H2,1H3/b22-20+. The summed E-state index contributed by atoms with van der Waals surface area (Å²) in [4.78, 5) is 32.0. The molecule has 1 amide bonds. The molecule has 9 heteroatoms. The van der Waals surface area contributed by atoms with Crippen LogP contribution in [0.5, 0.6) is 17.2 Å². The van der Waals surface area contributed by atoms with Crippen molar-refractivity contribution in [2.45, 2.75) is 6.04 Å². The van der Waals surface area contributed by atoms with Crippen molar-refractivity contribution in [3.05, 3.63) is 82.6 Å². The molecular weight excluding hydrogens is 448 g/mol. The van der Waals surface area contributed by atoms with E-state index in [0.29, 0.717) is 28.6 Å². The summed E-state index contributed by atoms with van der Waals surface area (Å²) < 4.78 is 15.9. The maximum Gasteiger partial charge on any atom is 0.300 e. The van der Waals surface area contributed by atoms with Crippen molar-refractivity contribution in [1.29, 1.82) is 0 Å². The van der Waals surface area contributed by atoms with Crippen LogP contribution < -0.4 is 19.1 Å². The number of halogens is 1. The summed E-state index contributed by atoms with van der Waals surface area (Å²) in [6.07, 6.45) is 1.55. The topological polar surface area (TPSA) is 98.2 Å². The molecule has 0 spiro atoms. The maximum atomic E-state index is 13.2. The van der Waals surface area contributed by atoms with Gasteiger partial charge in [-0.1, -0.05) is 17.7 Å². The van der Waals surface area contributed by atoms with Gasteiger partial charge in [0.2, 0.25) is 6.79 Å². The van der Waals surface area contributed by atoms with Gasteiger partial charge >= 0.3 is 0 Å². The van der Waals surface area contributed by atoms with Crippen molar-refractivity contribution in [2.75, 3.05) is 18.8 Å². The monoisotopic (exact) mass is 464 g/mol. The Kier molecular flexibility index (Phi) is 5.14. The summed E-state index contributed by atoms with van der Waals surface area (Å²) in [6.45, 7) is 0.0690. The predicted octanol–water partition coefficient (Wildman–Crippen LogP) is 4.10. The molecule has 0 saturated carbocycles. The van der Waals surface area contributed by atoms with Crippen LogP contribution in [0, 0.1) is 0 Å². The quantitative estimate of drug-likeness (QED) is 0.352. The van der Waals surface area contributed by atoms with Crippen molar-refractivity contribution in [3.8, 4) is 17.2 Å². The molecule has 1 N–H and O–H groups in total. The maximum absolute atomic E-state index is 13.2. The van der Waals surface area contributed by atoms with Gasteiger partial charge in [-0.3, -0.25) is 19.5 Å². The Bertz CT molecular complexity index is 1310. The second kappa shape index (κ2) is 8.14. The number of benzene rings is 2. The van der Waals surface area contributed by atoms with Gasteiger partial charge in [-0.25, -0.2) is 0 Å². The predicted molar refractivity (Wildman–Crippen MR) is 120 cm³/mol. The zero-order valence-electron chi connectivity index (χ0n) is 17.3. The minimum Gasteiger partial charge on any atom is -0.507 e. The average molecular weight is 465 g/mol.